The third kappa shape index (κ3) is 4.91. The lowest BCUT2D eigenvalue weighted by Crippen LogP contribution is -2.31. The summed E-state index contributed by atoms with van der Waals surface area (Å²) < 4.78 is 24.5. The fraction of sp³-hybridized carbons (Fsp3) is 0.545. The molecule has 1 unspecified atom stereocenters. The first-order valence-electron chi connectivity index (χ1n) is 5.53. The third-order valence-corrected chi connectivity index (χ3v) is 3.99. The van der Waals surface area contributed by atoms with Gasteiger partial charge in [0.1, 0.15) is 4.88 Å². The molecule has 0 fully saturated rings. The first-order chi connectivity index (χ1) is 8.54. The Hall–Kier alpha value is -0.660. The second-order valence-electron chi connectivity index (χ2n) is 3.65. The Labute approximate surface area is 113 Å². The Bertz CT molecular complexity index is 385. The number of rotatable bonds is 7. The molecule has 0 aliphatic rings. The van der Waals surface area contributed by atoms with E-state index in [4.69, 9.17) is 0 Å². The van der Waals surface area contributed by atoms with E-state index in [1.54, 1.807) is 5.38 Å². The number of aliphatic hydroxyl groups excluding tert-OH is 1. The van der Waals surface area contributed by atoms with Crippen molar-refractivity contribution in [2.45, 2.75) is 36.5 Å². The van der Waals surface area contributed by atoms with Gasteiger partial charge in [0, 0.05) is 11.4 Å². The van der Waals surface area contributed by atoms with Gasteiger partial charge >= 0.3 is 0 Å². The van der Waals surface area contributed by atoms with E-state index >= 15 is 0 Å². The molecule has 1 aromatic rings. The maximum atomic E-state index is 12.3. The molecule has 1 rings (SSSR count). The number of amides is 1. The highest BCUT2D eigenvalue weighted by Gasteiger charge is 2.17. The van der Waals surface area contributed by atoms with Gasteiger partial charge in [-0.1, -0.05) is 25.1 Å². The van der Waals surface area contributed by atoms with Crippen LogP contribution in [0.1, 0.15) is 29.4 Å². The van der Waals surface area contributed by atoms with Gasteiger partial charge in [-0.3, -0.25) is 4.79 Å². The number of halogens is 2. The molecule has 0 bridgehead atoms. The lowest BCUT2D eigenvalue weighted by Gasteiger charge is -2.10. The molecule has 2 N–H and O–H groups in total. The molecule has 1 atom stereocenters. The molecule has 0 saturated carbocycles. The van der Waals surface area contributed by atoms with Crippen molar-refractivity contribution in [2.24, 2.45) is 0 Å². The summed E-state index contributed by atoms with van der Waals surface area (Å²) in [4.78, 5) is 12.3. The standard InChI is InChI=1S/C11H15F2NO2S2/c1-2-3-7(15)6-14-10(16)9-8(4-5-17-9)18-11(12)13/h4-5,7,11,15H,2-3,6H2,1H3,(H,14,16). The lowest BCUT2D eigenvalue weighted by atomic mass is 10.2. The van der Waals surface area contributed by atoms with Crippen LogP contribution in [0.3, 0.4) is 0 Å². The summed E-state index contributed by atoms with van der Waals surface area (Å²) in [6.07, 6.45) is 0.830. The van der Waals surface area contributed by atoms with Crippen LogP contribution in [0.2, 0.25) is 0 Å². The first kappa shape index (κ1) is 15.4. The van der Waals surface area contributed by atoms with Crippen molar-refractivity contribution in [3.63, 3.8) is 0 Å². The van der Waals surface area contributed by atoms with Crippen molar-refractivity contribution < 1.29 is 18.7 Å². The topological polar surface area (TPSA) is 49.3 Å². The van der Waals surface area contributed by atoms with Gasteiger partial charge in [0.2, 0.25) is 0 Å². The van der Waals surface area contributed by atoms with E-state index in [-0.39, 0.29) is 16.3 Å². The summed E-state index contributed by atoms with van der Waals surface area (Å²) in [6, 6.07) is 1.50. The van der Waals surface area contributed by atoms with Crippen molar-refractivity contribution in [3.8, 4) is 0 Å². The predicted molar refractivity (Wildman–Crippen MR) is 69.4 cm³/mol. The number of carbonyl (C=O) groups excluding carboxylic acids is 1. The van der Waals surface area contributed by atoms with Crippen LogP contribution in [0.15, 0.2) is 16.3 Å². The number of alkyl halides is 2. The average molecular weight is 295 g/mol. The first-order valence-corrected chi connectivity index (χ1v) is 7.29. The molecule has 1 heterocycles. The zero-order valence-corrected chi connectivity index (χ0v) is 11.5. The number of aliphatic hydroxyl groups is 1. The van der Waals surface area contributed by atoms with Crippen LogP contribution in [0.4, 0.5) is 8.78 Å². The summed E-state index contributed by atoms with van der Waals surface area (Å²) >= 11 is 1.48. The van der Waals surface area contributed by atoms with Gasteiger partial charge in [-0.25, -0.2) is 0 Å². The number of hydrogen-bond donors (Lipinski definition) is 2. The second-order valence-corrected chi connectivity index (χ2v) is 5.59. The summed E-state index contributed by atoms with van der Waals surface area (Å²) in [5.74, 6) is -2.96. The Morgan fingerprint density at radius 3 is 2.94 bits per heavy atom. The molecule has 0 aliphatic carbocycles. The molecule has 7 heteroatoms. The number of nitrogens with one attached hydrogen (secondary N) is 1. The fourth-order valence-corrected chi connectivity index (χ4v) is 2.99. The number of hydrogen-bond acceptors (Lipinski definition) is 4. The molecule has 3 nitrogen and oxygen atoms in total. The predicted octanol–water partition coefficient (Wildman–Crippen LogP) is 2.95. The van der Waals surface area contributed by atoms with Crippen molar-refractivity contribution >= 4 is 29.0 Å². The van der Waals surface area contributed by atoms with Gasteiger partial charge in [-0.15, -0.1) is 11.3 Å². The molecule has 1 amide bonds. The molecule has 102 valence electrons. The highest BCUT2D eigenvalue weighted by atomic mass is 32.2. The van der Waals surface area contributed by atoms with Crippen molar-refractivity contribution in [3.05, 3.63) is 16.3 Å². The Morgan fingerprint density at radius 2 is 2.33 bits per heavy atom. The average Bonchev–Trinajstić information content (AvgIpc) is 2.73. The Morgan fingerprint density at radius 1 is 1.61 bits per heavy atom. The van der Waals surface area contributed by atoms with Gasteiger partial charge in [-0.2, -0.15) is 8.78 Å². The van der Waals surface area contributed by atoms with E-state index < -0.39 is 17.8 Å². The van der Waals surface area contributed by atoms with E-state index in [1.807, 2.05) is 6.92 Å². The van der Waals surface area contributed by atoms with Crippen molar-refractivity contribution in [2.75, 3.05) is 6.54 Å². The van der Waals surface area contributed by atoms with E-state index in [2.05, 4.69) is 5.32 Å². The van der Waals surface area contributed by atoms with Crippen LogP contribution in [0.5, 0.6) is 0 Å². The summed E-state index contributed by atoms with van der Waals surface area (Å²) in [5.41, 5.74) is 0. The molecule has 18 heavy (non-hydrogen) atoms. The minimum absolute atomic E-state index is 0.142. The quantitative estimate of drug-likeness (QED) is 0.760. The molecule has 0 radical (unpaired) electrons. The van der Waals surface area contributed by atoms with Crippen LogP contribution >= 0.6 is 23.1 Å². The van der Waals surface area contributed by atoms with Gasteiger partial charge < -0.3 is 10.4 Å². The van der Waals surface area contributed by atoms with Crippen LogP contribution in [-0.4, -0.2) is 29.4 Å². The van der Waals surface area contributed by atoms with Gasteiger partial charge in [0.25, 0.3) is 11.7 Å². The van der Waals surface area contributed by atoms with Crippen molar-refractivity contribution in [1.82, 2.24) is 5.32 Å². The maximum absolute atomic E-state index is 12.3. The second kappa shape index (κ2) is 7.70. The molecular weight excluding hydrogens is 280 g/mol. The van der Waals surface area contributed by atoms with Crippen LogP contribution < -0.4 is 5.32 Å². The maximum Gasteiger partial charge on any atom is 0.288 e. The highest BCUT2D eigenvalue weighted by Crippen LogP contribution is 2.31. The largest absolute Gasteiger partial charge is 0.391 e. The van der Waals surface area contributed by atoms with Gasteiger partial charge in [0.05, 0.1) is 6.10 Å². The Balaban J connectivity index is 2.53. The van der Waals surface area contributed by atoms with Crippen LogP contribution in [0, 0.1) is 0 Å². The highest BCUT2D eigenvalue weighted by molar-refractivity contribution is 7.99. The smallest absolute Gasteiger partial charge is 0.288 e. The number of thioether (sulfide) groups is 1. The fourth-order valence-electron chi connectivity index (χ4n) is 1.38. The summed E-state index contributed by atoms with van der Waals surface area (Å²) in [5, 5.41) is 13.6. The zero-order chi connectivity index (χ0) is 13.5. The summed E-state index contributed by atoms with van der Waals surface area (Å²) in [6.45, 7) is 2.07. The number of carbonyl (C=O) groups is 1. The minimum Gasteiger partial charge on any atom is -0.391 e. The zero-order valence-electron chi connectivity index (χ0n) is 9.86. The SMILES string of the molecule is CCCC(O)CNC(=O)c1sccc1SC(F)F. The summed E-state index contributed by atoms with van der Waals surface area (Å²) in [7, 11) is 0. The van der Waals surface area contributed by atoms with Gasteiger partial charge in [-0.05, 0) is 17.9 Å². The monoisotopic (exact) mass is 295 g/mol. The molecular formula is C11H15F2NO2S2. The van der Waals surface area contributed by atoms with Crippen molar-refractivity contribution in [1.29, 1.82) is 0 Å². The molecule has 0 aliphatic heterocycles. The molecule has 1 aromatic heterocycles. The minimum atomic E-state index is -2.54. The van der Waals surface area contributed by atoms with Crippen LogP contribution in [0.25, 0.3) is 0 Å². The molecule has 0 saturated heterocycles. The van der Waals surface area contributed by atoms with Gasteiger partial charge in [0.15, 0.2) is 0 Å². The normalized spacial score (nSPS) is 12.7. The number of thiophene rings is 1. The molecule has 0 aromatic carbocycles. The Kier molecular flexibility index (Phi) is 6.59. The van der Waals surface area contributed by atoms with E-state index in [0.717, 1.165) is 17.8 Å². The third-order valence-electron chi connectivity index (χ3n) is 2.17. The van der Waals surface area contributed by atoms with Crippen LogP contribution in [-0.2, 0) is 0 Å². The lowest BCUT2D eigenvalue weighted by molar-refractivity contribution is 0.0911. The molecule has 0 spiro atoms. The van der Waals surface area contributed by atoms with E-state index in [0.29, 0.717) is 18.2 Å². The van der Waals surface area contributed by atoms with E-state index in [9.17, 15) is 18.7 Å². The van der Waals surface area contributed by atoms with E-state index in [1.165, 1.54) is 6.07 Å².